The minimum Gasteiger partial charge on any atom is -0.476 e. The van der Waals surface area contributed by atoms with E-state index in [4.69, 9.17) is 5.14 Å². The number of nitrogens with two attached hydrogens (primary N) is 1. The first-order chi connectivity index (χ1) is 18.5. The molecule has 5 rings (SSSR count). The summed E-state index contributed by atoms with van der Waals surface area (Å²) in [7, 11) is -12.1. The van der Waals surface area contributed by atoms with E-state index in [0.29, 0.717) is 29.3 Å². The van der Waals surface area contributed by atoms with E-state index in [1.807, 2.05) is 0 Å². The van der Waals surface area contributed by atoms with Crippen molar-refractivity contribution >= 4 is 38.5 Å². The van der Waals surface area contributed by atoms with Gasteiger partial charge in [-0.1, -0.05) is 37.6 Å². The molecule has 0 spiro atoms. The van der Waals surface area contributed by atoms with Crippen molar-refractivity contribution in [3.8, 4) is 16.4 Å². The number of carboxylic acids is 1. The average Bonchev–Trinajstić information content (AvgIpc) is 3.40. The maximum atomic E-state index is 14.6. The summed E-state index contributed by atoms with van der Waals surface area (Å²) in [6.45, 7) is 0. The molecule has 2 aromatic heterocycles. The van der Waals surface area contributed by atoms with Crippen LogP contribution in [-0.4, -0.2) is 30.0 Å². The number of halogens is 6. The Kier molecular flexibility index (Phi) is 6.48. The molecule has 0 saturated heterocycles. The third kappa shape index (κ3) is 5.94. The molecule has 1 unspecified atom stereocenters. The highest BCUT2D eigenvalue weighted by Gasteiger charge is 2.65. The summed E-state index contributed by atoms with van der Waals surface area (Å²) in [4.78, 5) is 13.2. The van der Waals surface area contributed by atoms with E-state index in [9.17, 15) is 37.9 Å². The van der Waals surface area contributed by atoms with Crippen LogP contribution in [0, 0.1) is 11.7 Å². The molecule has 1 aliphatic rings. The summed E-state index contributed by atoms with van der Waals surface area (Å²) in [5.41, 5.74) is 0.544. The Bertz CT molecular complexity index is 1680. The molecule has 7 nitrogen and oxygen atoms in total. The summed E-state index contributed by atoms with van der Waals surface area (Å²) in [6, 6.07) is 6.42. The summed E-state index contributed by atoms with van der Waals surface area (Å²) in [5.74, 6) is -1.95. The van der Waals surface area contributed by atoms with Crippen LogP contribution < -0.4 is 5.14 Å². The first kappa shape index (κ1) is 28.3. The van der Waals surface area contributed by atoms with Crippen molar-refractivity contribution in [2.24, 2.45) is 11.1 Å². The molecule has 214 valence electrons. The normalized spacial score (nSPS) is 16.4. The van der Waals surface area contributed by atoms with Gasteiger partial charge in [-0.25, -0.2) is 28.2 Å². The Hall–Kier alpha value is -3.21. The van der Waals surface area contributed by atoms with Crippen LogP contribution in [-0.2, 0) is 23.8 Å². The number of aromatic carboxylic acids is 1. The lowest BCUT2D eigenvalue weighted by molar-refractivity contribution is 0.0691. The van der Waals surface area contributed by atoms with Crippen molar-refractivity contribution in [1.29, 1.82) is 0 Å². The van der Waals surface area contributed by atoms with Gasteiger partial charge in [0.15, 0.2) is 5.69 Å². The molecule has 0 bridgehead atoms. The van der Waals surface area contributed by atoms with E-state index in [1.54, 1.807) is 0 Å². The molecule has 2 aromatic carbocycles. The van der Waals surface area contributed by atoms with Crippen LogP contribution in [0.5, 0.6) is 0 Å². The van der Waals surface area contributed by atoms with E-state index in [2.05, 4.69) is 10.1 Å². The second-order valence-corrected chi connectivity index (χ2v) is 13.7. The van der Waals surface area contributed by atoms with Gasteiger partial charge in [0.2, 0.25) is 5.13 Å². The third-order valence-corrected chi connectivity index (χ3v) is 9.03. The molecular weight excluding hydrogens is 602 g/mol. The Labute approximate surface area is 230 Å². The van der Waals surface area contributed by atoms with Crippen molar-refractivity contribution in [3.05, 3.63) is 76.2 Å². The van der Waals surface area contributed by atoms with Crippen LogP contribution >= 0.6 is 21.6 Å². The first-order valence-corrected chi connectivity index (χ1v) is 15.6. The Morgan fingerprint density at radius 2 is 1.88 bits per heavy atom. The number of carbonyl (C=O) groups is 1. The van der Waals surface area contributed by atoms with Crippen LogP contribution in [0.2, 0.25) is 0 Å². The third-order valence-electron chi connectivity index (χ3n) is 6.31. The zero-order chi connectivity index (χ0) is 29.1. The number of thiazole rings is 1. The zero-order valence-electron chi connectivity index (χ0n) is 20.2. The standard InChI is InChI=1S/C24H20F6N4O3S3/c25-18-9-14(6-7-21(18)39(31)37)8-17-20(10-13-4-5-13)34(24-32-19(12-38-24)23(35)36)33-22(17)15-2-1-3-16(11-15)40(26,27,28,29)30/h1-3,6-7,9,11-13H,4-5,8,10,31H2,(H,35,36). The number of hydrogen-bond acceptors (Lipinski definition) is 5. The molecule has 40 heavy (non-hydrogen) atoms. The fraction of sp³-hybridized carbons (Fsp3) is 0.208. The lowest BCUT2D eigenvalue weighted by atomic mass is 9.97. The number of carboxylic acid groups (broad SMARTS) is 1. The van der Waals surface area contributed by atoms with Gasteiger partial charge in [0, 0.05) is 22.9 Å². The molecule has 1 aliphatic carbocycles. The summed E-state index contributed by atoms with van der Waals surface area (Å²) in [5, 5.41) is 20.4. The topological polar surface area (TPSA) is 111 Å². The predicted octanol–water partition coefficient (Wildman–Crippen LogP) is 7.02. The first-order valence-electron chi connectivity index (χ1n) is 11.6. The van der Waals surface area contributed by atoms with E-state index in [-0.39, 0.29) is 45.4 Å². The highest BCUT2D eigenvalue weighted by molar-refractivity contribution is 8.45. The highest BCUT2D eigenvalue weighted by Crippen LogP contribution is 3.02. The molecule has 3 N–H and O–H groups in total. The monoisotopic (exact) mass is 622 g/mol. The fourth-order valence-corrected chi connectivity index (χ4v) is 6.14. The van der Waals surface area contributed by atoms with Gasteiger partial charge in [0.05, 0.1) is 16.3 Å². The predicted molar refractivity (Wildman–Crippen MR) is 139 cm³/mol. The molecule has 1 fully saturated rings. The molecule has 4 aromatic rings. The molecule has 0 radical (unpaired) electrons. The largest absolute Gasteiger partial charge is 0.476 e. The Morgan fingerprint density at radius 1 is 1.15 bits per heavy atom. The maximum Gasteiger partial charge on any atom is 0.355 e. The molecule has 0 aliphatic heterocycles. The number of rotatable bonds is 9. The molecular formula is C24H20F6N4O3S3. The van der Waals surface area contributed by atoms with Crippen LogP contribution in [0.25, 0.3) is 16.4 Å². The molecule has 1 atom stereocenters. The van der Waals surface area contributed by atoms with Gasteiger partial charge in [-0.2, -0.15) is 5.10 Å². The van der Waals surface area contributed by atoms with Crippen LogP contribution in [0.1, 0.15) is 40.2 Å². The quantitative estimate of drug-likeness (QED) is 0.195. The molecule has 2 heterocycles. The molecule has 0 amide bonds. The SMILES string of the molecule is NS(=O)c1ccc(Cc2c(-c3cccc(S(F)(F)(F)(F)F)c3)nn(-c3nc(C(=O)O)cs3)c2CC2CC2)cc1F. The number of nitrogens with zero attached hydrogens (tertiary/aromatic N) is 3. The van der Waals surface area contributed by atoms with Gasteiger partial charge in [-0.05, 0) is 55.0 Å². The van der Waals surface area contributed by atoms with Crippen molar-refractivity contribution in [2.75, 3.05) is 0 Å². The fourth-order valence-electron chi connectivity index (χ4n) is 4.23. The van der Waals surface area contributed by atoms with Crippen molar-refractivity contribution < 1.29 is 37.9 Å². The number of benzene rings is 2. The molecule has 1 saturated carbocycles. The number of aromatic nitrogens is 3. The average molecular weight is 623 g/mol. The van der Waals surface area contributed by atoms with Gasteiger partial charge in [0.1, 0.15) is 21.7 Å². The summed E-state index contributed by atoms with van der Waals surface area (Å²) in [6.07, 6.45) is 2.04. The van der Waals surface area contributed by atoms with Gasteiger partial charge in [-0.3, -0.25) is 0 Å². The van der Waals surface area contributed by atoms with Crippen LogP contribution in [0.15, 0.2) is 57.6 Å². The highest BCUT2D eigenvalue weighted by atomic mass is 32.5. The smallest absolute Gasteiger partial charge is 0.355 e. The van der Waals surface area contributed by atoms with Crippen molar-refractivity contribution in [2.45, 2.75) is 35.5 Å². The van der Waals surface area contributed by atoms with Crippen LogP contribution in [0.3, 0.4) is 0 Å². The lowest BCUT2D eigenvalue weighted by Gasteiger charge is -2.40. The number of hydrogen-bond donors (Lipinski definition) is 2. The van der Waals surface area contributed by atoms with Crippen molar-refractivity contribution in [3.63, 3.8) is 0 Å². The Morgan fingerprint density at radius 3 is 2.45 bits per heavy atom. The molecule has 16 heteroatoms. The minimum atomic E-state index is -10.0. The summed E-state index contributed by atoms with van der Waals surface area (Å²) < 4.78 is 95.9. The van der Waals surface area contributed by atoms with Crippen molar-refractivity contribution in [1.82, 2.24) is 14.8 Å². The van der Waals surface area contributed by atoms with Gasteiger partial charge in [-0.15, -0.1) is 11.3 Å². The Balaban J connectivity index is 1.73. The maximum absolute atomic E-state index is 14.6. The van der Waals surface area contributed by atoms with Gasteiger partial charge >= 0.3 is 16.2 Å². The van der Waals surface area contributed by atoms with E-state index >= 15 is 0 Å². The van der Waals surface area contributed by atoms with Crippen LogP contribution in [0.4, 0.5) is 23.8 Å². The van der Waals surface area contributed by atoms with Gasteiger partial charge in [0.25, 0.3) is 0 Å². The summed E-state index contributed by atoms with van der Waals surface area (Å²) >= 11 is 0.937. The second kappa shape index (κ2) is 9.15. The van der Waals surface area contributed by atoms with E-state index in [1.165, 1.54) is 28.3 Å². The van der Waals surface area contributed by atoms with Gasteiger partial charge < -0.3 is 5.11 Å². The van der Waals surface area contributed by atoms with E-state index < -0.39 is 37.9 Å². The minimum absolute atomic E-state index is 0.0710. The lowest BCUT2D eigenvalue weighted by Crippen LogP contribution is -2.07. The zero-order valence-corrected chi connectivity index (χ0v) is 22.6. The second-order valence-electron chi connectivity index (χ2n) is 9.39. The van der Waals surface area contributed by atoms with E-state index in [0.717, 1.165) is 36.3 Å².